The van der Waals surface area contributed by atoms with Crippen LogP contribution in [-0.4, -0.2) is 56.0 Å². The highest BCUT2D eigenvalue weighted by atomic mass is 19.4. The first kappa shape index (κ1) is 19.8. The van der Waals surface area contributed by atoms with E-state index in [1.165, 1.54) is 36.3 Å². The van der Waals surface area contributed by atoms with Crippen molar-refractivity contribution < 1.29 is 22.8 Å². The van der Waals surface area contributed by atoms with Crippen molar-refractivity contribution in [3.63, 3.8) is 0 Å². The number of pyridine rings is 1. The number of likely N-dealkylation sites (tertiary alicyclic amines) is 1. The Morgan fingerprint density at radius 3 is 2.71 bits per heavy atom. The molecule has 1 atom stereocenters. The lowest BCUT2D eigenvalue weighted by Crippen LogP contribution is -2.46. The Labute approximate surface area is 159 Å². The Hall–Kier alpha value is -2.91. The molecule has 1 aliphatic rings. The molecular weight excluding hydrogens is 375 g/mol. The number of hydrogen-bond donors (Lipinski definition) is 0. The summed E-state index contributed by atoms with van der Waals surface area (Å²) in [6, 6.07) is 4.21. The van der Waals surface area contributed by atoms with Crippen molar-refractivity contribution in [3.8, 4) is 0 Å². The predicted molar refractivity (Wildman–Crippen MR) is 93.0 cm³/mol. The number of aromatic nitrogens is 3. The van der Waals surface area contributed by atoms with Crippen molar-refractivity contribution in [2.75, 3.05) is 13.6 Å². The number of alkyl halides is 3. The Balaban J connectivity index is 1.75. The van der Waals surface area contributed by atoms with Crippen LogP contribution in [0.25, 0.3) is 0 Å². The fourth-order valence-electron chi connectivity index (χ4n) is 3.38. The quantitative estimate of drug-likeness (QED) is 0.795. The third-order valence-electron chi connectivity index (χ3n) is 4.64. The minimum atomic E-state index is -4.60. The fraction of sp³-hybridized carbons (Fsp3) is 0.444. The molecule has 2 aromatic heterocycles. The second-order valence-electron chi connectivity index (χ2n) is 6.74. The molecule has 1 aliphatic heterocycles. The van der Waals surface area contributed by atoms with Crippen LogP contribution in [0.15, 0.2) is 30.6 Å². The normalized spacial score (nSPS) is 17.0. The van der Waals surface area contributed by atoms with E-state index in [0.29, 0.717) is 19.4 Å². The summed E-state index contributed by atoms with van der Waals surface area (Å²) in [7, 11) is 2.82. The van der Waals surface area contributed by atoms with E-state index in [9.17, 15) is 22.8 Å². The zero-order valence-electron chi connectivity index (χ0n) is 15.5. The maximum Gasteiger partial charge on any atom is 0.435 e. The van der Waals surface area contributed by atoms with E-state index in [1.54, 1.807) is 18.2 Å². The number of rotatable bonds is 4. The Kier molecular flexibility index (Phi) is 5.39. The first-order valence-corrected chi connectivity index (χ1v) is 8.75. The molecule has 0 N–H and O–H groups in total. The van der Waals surface area contributed by atoms with Crippen LogP contribution >= 0.6 is 0 Å². The van der Waals surface area contributed by atoms with Gasteiger partial charge in [0.25, 0.3) is 5.91 Å². The van der Waals surface area contributed by atoms with E-state index in [0.717, 1.165) is 4.68 Å². The first-order chi connectivity index (χ1) is 13.2. The SMILES string of the molecule is CN(Cc1cn(C)nc1C(F)(F)F)C(=O)[C@@H]1CCCN1C(=O)c1ccccn1. The summed E-state index contributed by atoms with van der Waals surface area (Å²) in [5.74, 6) is -0.763. The van der Waals surface area contributed by atoms with Crippen molar-refractivity contribution in [3.05, 3.63) is 47.5 Å². The van der Waals surface area contributed by atoms with Crippen molar-refractivity contribution in [2.24, 2.45) is 7.05 Å². The van der Waals surface area contributed by atoms with Gasteiger partial charge >= 0.3 is 6.18 Å². The molecule has 0 unspecified atom stereocenters. The van der Waals surface area contributed by atoms with Gasteiger partial charge in [-0.3, -0.25) is 19.3 Å². The lowest BCUT2D eigenvalue weighted by molar-refractivity contribution is -0.143. The molecule has 1 fully saturated rings. The van der Waals surface area contributed by atoms with Crippen molar-refractivity contribution in [1.82, 2.24) is 24.6 Å². The minimum Gasteiger partial charge on any atom is -0.340 e. The number of halogens is 3. The highest BCUT2D eigenvalue weighted by molar-refractivity contribution is 5.96. The van der Waals surface area contributed by atoms with Gasteiger partial charge in [-0.25, -0.2) is 0 Å². The molecule has 0 spiro atoms. The van der Waals surface area contributed by atoms with Gasteiger partial charge in [0.2, 0.25) is 5.91 Å². The molecular formula is C18H20F3N5O2. The molecule has 0 radical (unpaired) electrons. The van der Waals surface area contributed by atoms with E-state index in [2.05, 4.69) is 10.1 Å². The van der Waals surface area contributed by atoms with Crippen LogP contribution in [0.2, 0.25) is 0 Å². The Morgan fingerprint density at radius 2 is 2.07 bits per heavy atom. The van der Waals surface area contributed by atoms with Crippen LogP contribution in [0, 0.1) is 0 Å². The third kappa shape index (κ3) is 4.00. The second-order valence-corrected chi connectivity index (χ2v) is 6.74. The summed E-state index contributed by atoms with van der Waals surface area (Å²) < 4.78 is 40.5. The fourth-order valence-corrected chi connectivity index (χ4v) is 3.38. The smallest absolute Gasteiger partial charge is 0.340 e. The standard InChI is InChI=1S/C18H20F3N5O2/c1-24(10-12-11-25(2)23-15(12)18(19,20)21)17(28)14-7-5-9-26(14)16(27)13-6-3-4-8-22-13/h3-4,6,8,11,14H,5,7,9-10H2,1-2H3/t14-/m0/s1. The van der Waals surface area contributed by atoms with Crippen molar-refractivity contribution >= 4 is 11.8 Å². The van der Waals surface area contributed by atoms with Gasteiger partial charge in [-0.15, -0.1) is 0 Å². The molecule has 10 heteroatoms. The lowest BCUT2D eigenvalue weighted by atomic mass is 10.1. The Morgan fingerprint density at radius 1 is 1.32 bits per heavy atom. The number of aryl methyl sites for hydroxylation is 1. The molecule has 0 aromatic carbocycles. The van der Waals surface area contributed by atoms with E-state index < -0.39 is 23.8 Å². The van der Waals surface area contributed by atoms with Gasteiger partial charge in [0.15, 0.2) is 5.69 Å². The van der Waals surface area contributed by atoms with E-state index in [4.69, 9.17) is 0 Å². The molecule has 150 valence electrons. The summed E-state index contributed by atoms with van der Waals surface area (Å²) >= 11 is 0. The molecule has 3 heterocycles. The predicted octanol–water partition coefficient (Wildman–Crippen LogP) is 2.10. The summed E-state index contributed by atoms with van der Waals surface area (Å²) in [5.41, 5.74) is -0.870. The molecule has 0 saturated carbocycles. The minimum absolute atomic E-state index is 0.0913. The van der Waals surface area contributed by atoms with Gasteiger partial charge in [-0.2, -0.15) is 18.3 Å². The summed E-state index contributed by atoms with van der Waals surface area (Å²) in [4.78, 5) is 32.2. The monoisotopic (exact) mass is 395 g/mol. The van der Waals surface area contributed by atoms with Gasteiger partial charge < -0.3 is 9.80 Å². The number of hydrogen-bond acceptors (Lipinski definition) is 4. The number of nitrogens with zero attached hydrogens (tertiary/aromatic N) is 5. The number of amides is 2. The third-order valence-corrected chi connectivity index (χ3v) is 4.64. The number of carbonyl (C=O) groups excluding carboxylic acids is 2. The van der Waals surface area contributed by atoms with Gasteiger partial charge in [-0.05, 0) is 25.0 Å². The van der Waals surface area contributed by atoms with Crippen LogP contribution < -0.4 is 0 Å². The van der Waals surface area contributed by atoms with Crippen molar-refractivity contribution in [2.45, 2.75) is 31.6 Å². The van der Waals surface area contributed by atoms with Gasteiger partial charge in [0.1, 0.15) is 11.7 Å². The summed E-state index contributed by atoms with van der Waals surface area (Å²) in [6.45, 7) is 0.157. The van der Waals surface area contributed by atoms with Crippen molar-refractivity contribution in [1.29, 1.82) is 0 Å². The number of carbonyl (C=O) groups is 2. The van der Waals surface area contributed by atoms with E-state index >= 15 is 0 Å². The van der Waals surface area contributed by atoms with Gasteiger partial charge in [0.05, 0.1) is 0 Å². The molecule has 2 amide bonds. The van der Waals surface area contributed by atoms with Crippen LogP contribution in [0.1, 0.15) is 34.6 Å². The maximum atomic E-state index is 13.1. The van der Waals surface area contributed by atoms with Gasteiger partial charge in [-0.1, -0.05) is 6.07 Å². The zero-order chi connectivity index (χ0) is 20.5. The number of likely N-dealkylation sites (N-methyl/N-ethyl adjacent to an activating group) is 1. The molecule has 28 heavy (non-hydrogen) atoms. The Bertz CT molecular complexity index is 866. The van der Waals surface area contributed by atoms with Crippen LogP contribution in [-0.2, 0) is 24.6 Å². The van der Waals surface area contributed by atoms with Gasteiger partial charge in [0, 0.05) is 45.1 Å². The van der Waals surface area contributed by atoms with Crippen LogP contribution in [0.5, 0.6) is 0 Å². The topological polar surface area (TPSA) is 71.3 Å². The average molecular weight is 395 g/mol. The maximum absolute atomic E-state index is 13.1. The molecule has 2 aromatic rings. The lowest BCUT2D eigenvalue weighted by Gasteiger charge is -2.28. The van der Waals surface area contributed by atoms with E-state index in [1.807, 2.05) is 0 Å². The van der Waals surface area contributed by atoms with Crippen LogP contribution in [0.3, 0.4) is 0 Å². The summed E-state index contributed by atoms with van der Waals surface area (Å²) in [5, 5.41) is 3.46. The highest BCUT2D eigenvalue weighted by Gasteiger charge is 2.39. The highest BCUT2D eigenvalue weighted by Crippen LogP contribution is 2.31. The average Bonchev–Trinajstić information content (AvgIpc) is 3.27. The largest absolute Gasteiger partial charge is 0.435 e. The molecule has 1 saturated heterocycles. The molecule has 0 aliphatic carbocycles. The second kappa shape index (κ2) is 7.61. The van der Waals surface area contributed by atoms with E-state index in [-0.39, 0.29) is 23.7 Å². The first-order valence-electron chi connectivity index (χ1n) is 8.75. The van der Waals surface area contributed by atoms with Crippen LogP contribution in [0.4, 0.5) is 13.2 Å². The molecule has 3 rings (SSSR count). The summed E-state index contributed by atoms with van der Waals surface area (Å²) in [6.07, 6.45) is -0.759. The molecule has 7 nitrogen and oxygen atoms in total. The zero-order valence-corrected chi connectivity index (χ0v) is 15.5. The molecule has 0 bridgehead atoms.